The summed E-state index contributed by atoms with van der Waals surface area (Å²) in [6, 6.07) is 6.71. The highest BCUT2D eigenvalue weighted by Crippen LogP contribution is 2.45. The molecule has 0 spiro atoms. The molecule has 0 saturated heterocycles. The molecule has 2 saturated carbocycles. The van der Waals surface area contributed by atoms with E-state index in [4.69, 9.17) is 16.3 Å². The monoisotopic (exact) mass is 279 g/mol. The molecule has 1 N–H and O–H groups in total. The number of nitrogens with one attached hydrogen (secondary N) is 1. The molecule has 2 nitrogen and oxygen atoms in total. The number of ether oxygens (including phenoxy) is 1. The minimum atomic E-state index is 0.650. The van der Waals surface area contributed by atoms with E-state index < -0.39 is 0 Å². The molecule has 19 heavy (non-hydrogen) atoms. The van der Waals surface area contributed by atoms with E-state index in [-0.39, 0.29) is 0 Å². The fourth-order valence-electron chi connectivity index (χ4n) is 3.56. The van der Waals surface area contributed by atoms with Crippen LogP contribution in [0.15, 0.2) is 18.2 Å². The maximum absolute atomic E-state index is 6.26. The van der Waals surface area contributed by atoms with Crippen molar-refractivity contribution >= 4 is 17.3 Å². The quantitative estimate of drug-likeness (QED) is 0.841. The molecule has 1 aromatic carbocycles. The Morgan fingerprint density at radius 1 is 1.32 bits per heavy atom. The molecule has 104 valence electrons. The van der Waals surface area contributed by atoms with E-state index in [1.165, 1.54) is 25.7 Å². The molecule has 0 aromatic heterocycles. The van der Waals surface area contributed by atoms with Gasteiger partial charge in [0.25, 0.3) is 0 Å². The first-order valence-electron chi connectivity index (χ1n) is 7.45. The second kappa shape index (κ2) is 5.62. The van der Waals surface area contributed by atoms with Gasteiger partial charge in [-0.25, -0.2) is 0 Å². The van der Waals surface area contributed by atoms with Crippen molar-refractivity contribution in [3.05, 3.63) is 23.2 Å². The fourth-order valence-corrected chi connectivity index (χ4v) is 3.79. The van der Waals surface area contributed by atoms with Crippen molar-refractivity contribution in [3.8, 4) is 5.75 Å². The molecule has 3 rings (SSSR count). The summed E-state index contributed by atoms with van der Waals surface area (Å²) < 4.78 is 5.60. The van der Waals surface area contributed by atoms with Gasteiger partial charge < -0.3 is 10.1 Å². The van der Waals surface area contributed by atoms with E-state index in [1.807, 2.05) is 12.1 Å². The first-order valence-corrected chi connectivity index (χ1v) is 7.83. The summed E-state index contributed by atoms with van der Waals surface area (Å²) >= 11 is 6.26. The zero-order valence-corrected chi connectivity index (χ0v) is 12.2. The molecule has 2 aliphatic carbocycles. The Kier molecular flexibility index (Phi) is 3.88. The Labute approximate surface area is 120 Å². The van der Waals surface area contributed by atoms with Gasteiger partial charge in [0, 0.05) is 11.7 Å². The minimum Gasteiger partial charge on any atom is -0.492 e. The average Bonchev–Trinajstić information content (AvgIpc) is 3.00. The number of rotatable bonds is 5. The second-order valence-electron chi connectivity index (χ2n) is 5.92. The van der Waals surface area contributed by atoms with Crippen molar-refractivity contribution < 1.29 is 4.74 Å². The largest absolute Gasteiger partial charge is 0.492 e. The van der Waals surface area contributed by atoms with Crippen LogP contribution in [0.3, 0.4) is 0 Å². The number of halogens is 1. The predicted molar refractivity (Wildman–Crippen MR) is 80.1 cm³/mol. The highest BCUT2D eigenvalue weighted by atomic mass is 35.5. The maximum atomic E-state index is 6.26. The first-order chi connectivity index (χ1) is 9.26. The van der Waals surface area contributed by atoms with Gasteiger partial charge in [0.15, 0.2) is 0 Å². The van der Waals surface area contributed by atoms with Gasteiger partial charge in [0.1, 0.15) is 5.75 Å². The van der Waals surface area contributed by atoms with Crippen molar-refractivity contribution in [3.63, 3.8) is 0 Å². The molecule has 0 aliphatic heterocycles. The lowest BCUT2D eigenvalue weighted by Crippen LogP contribution is -2.25. The second-order valence-corrected chi connectivity index (χ2v) is 6.33. The number of benzene rings is 1. The summed E-state index contributed by atoms with van der Waals surface area (Å²) in [4.78, 5) is 0. The Bertz CT molecular complexity index is 448. The van der Waals surface area contributed by atoms with Crippen LogP contribution in [0.2, 0.25) is 5.02 Å². The lowest BCUT2D eigenvalue weighted by Gasteiger charge is -2.24. The molecular formula is C16H22ClNO. The number of fused-ring (bicyclic) bond motifs is 2. The fraction of sp³-hybridized carbons (Fsp3) is 0.625. The summed E-state index contributed by atoms with van der Waals surface area (Å²) in [6.45, 7) is 2.82. The molecule has 2 aliphatic rings. The average molecular weight is 280 g/mol. The van der Waals surface area contributed by atoms with Gasteiger partial charge >= 0.3 is 0 Å². The summed E-state index contributed by atoms with van der Waals surface area (Å²) in [5.74, 6) is 2.63. The third-order valence-corrected chi connectivity index (χ3v) is 4.78. The van der Waals surface area contributed by atoms with Gasteiger partial charge in [-0.05, 0) is 55.7 Å². The van der Waals surface area contributed by atoms with Crippen molar-refractivity contribution in [1.29, 1.82) is 0 Å². The van der Waals surface area contributed by atoms with Gasteiger partial charge in [-0.2, -0.15) is 0 Å². The van der Waals surface area contributed by atoms with E-state index in [9.17, 15) is 0 Å². The van der Waals surface area contributed by atoms with Crippen LogP contribution in [0, 0.1) is 11.8 Å². The molecular weight excluding hydrogens is 258 g/mol. The highest BCUT2D eigenvalue weighted by molar-refractivity contribution is 6.32. The standard InChI is InChI=1S/C16H22ClNO/c1-2-7-19-16-6-5-13(10-14(16)17)18-15-9-11-3-4-12(15)8-11/h5-6,10-12,15,18H,2-4,7-9H2,1H3. The molecule has 1 aromatic rings. The van der Waals surface area contributed by atoms with Crippen LogP contribution in [0.4, 0.5) is 5.69 Å². The van der Waals surface area contributed by atoms with Crippen molar-refractivity contribution in [2.45, 2.75) is 45.1 Å². The van der Waals surface area contributed by atoms with Crippen LogP contribution < -0.4 is 10.1 Å². The minimum absolute atomic E-state index is 0.650. The Morgan fingerprint density at radius 2 is 2.21 bits per heavy atom. The van der Waals surface area contributed by atoms with Gasteiger partial charge in [0.2, 0.25) is 0 Å². The van der Waals surface area contributed by atoms with Gasteiger partial charge in [-0.3, -0.25) is 0 Å². The van der Waals surface area contributed by atoms with Crippen LogP contribution >= 0.6 is 11.6 Å². The van der Waals surface area contributed by atoms with E-state index in [2.05, 4.69) is 18.3 Å². The SMILES string of the molecule is CCCOc1ccc(NC2CC3CCC2C3)cc1Cl. The van der Waals surface area contributed by atoms with E-state index in [1.54, 1.807) is 0 Å². The normalized spacial score (nSPS) is 28.6. The number of hydrogen-bond acceptors (Lipinski definition) is 2. The van der Waals surface area contributed by atoms with Crippen LogP contribution in [0.1, 0.15) is 39.0 Å². The molecule has 2 fully saturated rings. The third-order valence-electron chi connectivity index (χ3n) is 4.48. The zero-order chi connectivity index (χ0) is 13.2. The number of anilines is 1. The van der Waals surface area contributed by atoms with Crippen LogP contribution in [-0.4, -0.2) is 12.6 Å². The molecule has 3 atom stereocenters. The molecule has 3 unspecified atom stereocenters. The summed E-state index contributed by atoms with van der Waals surface area (Å²) in [6.07, 6.45) is 6.59. The number of hydrogen-bond donors (Lipinski definition) is 1. The van der Waals surface area contributed by atoms with Gasteiger partial charge in [-0.15, -0.1) is 0 Å². The first kappa shape index (κ1) is 13.1. The smallest absolute Gasteiger partial charge is 0.138 e. The Morgan fingerprint density at radius 3 is 2.84 bits per heavy atom. The van der Waals surface area contributed by atoms with E-state index in [0.717, 1.165) is 36.3 Å². The van der Waals surface area contributed by atoms with Crippen molar-refractivity contribution in [1.82, 2.24) is 0 Å². The van der Waals surface area contributed by atoms with Gasteiger partial charge in [-0.1, -0.05) is 24.9 Å². The Hall–Kier alpha value is -0.890. The highest BCUT2D eigenvalue weighted by Gasteiger charge is 2.39. The van der Waals surface area contributed by atoms with Crippen molar-refractivity contribution in [2.24, 2.45) is 11.8 Å². The van der Waals surface area contributed by atoms with Gasteiger partial charge in [0.05, 0.1) is 11.6 Å². The molecule has 0 radical (unpaired) electrons. The van der Waals surface area contributed by atoms with Crippen molar-refractivity contribution in [2.75, 3.05) is 11.9 Å². The molecule has 3 heteroatoms. The summed E-state index contributed by atoms with van der Waals surface area (Å²) in [7, 11) is 0. The van der Waals surface area contributed by atoms with Crippen LogP contribution in [-0.2, 0) is 0 Å². The zero-order valence-electron chi connectivity index (χ0n) is 11.5. The molecule has 0 heterocycles. The summed E-state index contributed by atoms with van der Waals surface area (Å²) in [5, 5.41) is 4.37. The van der Waals surface area contributed by atoms with Crippen LogP contribution in [0.25, 0.3) is 0 Å². The lowest BCUT2D eigenvalue weighted by molar-refractivity contribution is 0.317. The lowest BCUT2D eigenvalue weighted by atomic mass is 9.95. The van der Waals surface area contributed by atoms with E-state index >= 15 is 0 Å². The maximum Gasteiger partial charge on any atom is 0.138 e. The van der Waals surface area contributed by atoms with Crippen LogP contribution in [0.5, 0.6) is 5.75 Å². The Balaban J connectivity index is 1.63. The predicted octanol–water partition coefficient (Wildman–Crippen LogP) is 4.73. The van der Waals surface area contributed by atoms with E-state index in [0.29, 0.717) is 11.1 Å². The topological polar surface area (TPSA) is 21.3 Å². The molecule has 0 amide bonds. The summed E-state index contributed by atoms with van der Waals surface area (Å²) in [5.41, 5.74) is 1.13. The molecule has 2 bridgehead atoms. The third kappa shape index (κ3) is 2.84.